The van der Waals surface area contributed by atoms with Crippen molar-refractivity contribution in [2.24, 2.45) is 0 Å². The summed E-state index contributed by atoms with van der Waals surface area (Å²) in [5.74, 6) is -1.48. The van der Waals surface area contributed by atoms with Gasteiger partial charge in [-0.1, -0.05) is 35.3 Å². The second kappa shape index (κ2) is 4.88. The van der Waals surface area contributed by atoms with Crippen LogP contribution in [0.2, 0.25) is 10.0 Å². The van der Waals surface area contributed by atoms with Crippen molar-refractivity contribution < 1.29 is 15.0 Å². The first-order valence-electron chi connectivity index (χ1n) is 5.01. The first-order valence-corrected chi connectivity index (χ1v) is 5.76. The third-order valence-corrected chi connectivity index (χ3v) is 3.02. The molecule has 5 heteroatoms. The standard InChI is InChI=1S/C13H8Cl2O3/c14-8-2-4-9(11(15)6-8)7-1-3-10(13(17)18)12(16)5-7/h1-6,16H,(H,17,18). The van der Waals surface area contributed by atoms with Gasteiger partial charge in [-0.15, -0.1) is 0 Å². The lowest BCUT2D eigenvalue weighted by molar-refractivity contribution is 0.0694. The second-order valence-electron chi connectivity index (χ2n) is 3.66. The molecule has 0 aliphatic rings. The molecule has 0 radical (unpaired) electrons. The van der Waals surface area contributed by atoms with Gasteiger partial charge in [0.1, 0.15) is 11.3 Å². The summed E-state index contributed by atoms with van der Waals surface area (Å²) >= 11 is 11.8. The molecule has 0 fully saturated rings. The maximum atomic E-state index is 10.8. The van der Waals surface area contributed by atoms with E-state index in [2.05, 4.69) is 0 Å². The van der Waals surface area contributed by atoms with Crippen molar-refractivity contribution in [3.63, 3.8) is 0 Å². The molecule has 0 spiro atoms. The highest BCUT2D eigenvalue weighted by molar-refractivity contribution is 6.36. The van der Waals surface area contributed by atoms with E-state index in [9.17, 15) is 9.90 Å². The molecule has 2 aromatic carbocycles. The first kappa shape index (κ1) is 12.7. The molecule has 0 aromatic heterocycles. The minimum Gasteiger partial charge on any atom is -0.507 e. The van der Waals surface area contributed by atoms with Crippen LogP contribution in [-0.4, -0.2) is 16.2 Å². The van der Waals surface area contributed by atoms with Gasteiger partial charge in [0.2, 0.25) is 0 Å². The Morgan fingerprint density at radius 2 is 1.78 bits per heavy atom. The van der Waals surface area contributed by atoms with E-state index in [0.29, 0.717) is 21.2 Å². The van der Waals surface area contributed by atoms with Crippen LogP contribution < -0.4 is 0 Å². The topological polar surface area (TPSA) is 57.5 Å². The fraction of sp³-hybridized carbons (Fsp3) is 0. The second-order valence-corrected chi connectivity index (χ2v) is 4.50. The third-order valence-electron chi connectivity index (χ3n) is 2.47. The van der Waals surface area contributed by atoms with Crippen molar-refractivity contribution in [3.05, 3.63) is 52.0 Å². The van der Waals surface area contributed by atoms with Gasteiger partial charge in [0.15, 0.2) is 0 Å². The maximum Gasteiger partial charge on any atom is 0.339 e. The SMILES string of the molecule is O=C(O)c1ccc(-c2ccc(Cl)cc2Cl)cc1O. The normalized spacial score (nSPS) is 10.3. The van der Waals surface area contributed by atoms with Crippen molar-refractivity contribution >= 4 is 29.2 Å². The summed E-state index contributed by atoms with van der Waals surface area (Å²) in [6.07, 6.45) is 0. The van der Waals surface area contributed by atoms with Gasteiger partial charge >= 0.3 is 5.97 Å². The molecule has 92 valence electrons. The van der Waals surface area contributed by atoms with E-state index in [0.717, 1.165) is 0 Å². The molecule has 2 N–H and O–H groups in total. The summed E-state index contributed by atoms with van der Waals surface area (Å²) in [6.45, 7) is 0. The highest BCUT2D eigenvalue weighted by atomic mass is 35.5. The molecule has 0 atom stereocenters. The number of carboxylic acids is 1. The van der Waals surface area contributed by atoms with Crippen molar-refractivity contribution in [3.8, 4) is 16.9 Å². The molecule has 0 saturated carbocycles. The van der Waals surface area contributed by atoms with Gasteiger partial charge in [0.25, 0.3) is 0 Å². The summed E-state index contributed by atoms with van der Waals surface area (Å²) in [5.41, 5.74) is 1.15. The van der Waals surface area contributed by atoms with E-state index in [1.54, 1.807) is 24.3 Å². The van der Waals surface area contributed by atoms with Gasteiger partial charge in [-0.25, -0.2) is 4.79 Å². The Morgan fingerprint density at radius 3 is 2.33 bits per heavy atom. The van der Waals surface area contributed by atoms with Crippen LogP contribution in [0.5, 0.6) is 5.75 Å². The zero-order valence-corrected chi connectivity index (χ0v) is 10.5. The molecule has 18 heavy (non-hydrogen) atoms. The van der Waals surface area contributed by atoms with Crippen molar-refractivity contribution in [2.45, 2.75) is 0 Å². The number of hydrogen-bond donors (Lipinski definition) is 2. The monoisotopic (exact) mass is 282 g/mol. The lowest BCUT2D eigenvalue weighted by Gasteiger charge is -2.07. The van der Waals surface area contributed by atoms with E-state index in [-0.39, 0.29) is 11.3 Å². The third kappa shape index (κ3) is 2.42. The van der Waals surface area contributed by atoms with Crippen LogP contribution >= 0.6 is 23.2 Å². The Labute approximate surface area is 113 Å². The van der Waals surface area contributed by atoms with Gasteiger partial charge in [-0.05, 0) is 29.8 Å². The molecule has 0 aliphatic carbocycles. The van der Waals surface area contributed by atoms with Crippen molar-refractivity contribution in [1.82, 2.24) is 0 Å². The molecule has 2 aromatic rings. The Balaban J connectivity index is 2.52. The first-order chi connectivity index (χ1) is 8.49. The molecule has 0 amide bonds. The highest BCUT2D eigenvalue weighted by Gasteiger charge is 2.11. The summed E-state index contributed by atoms with van der Waals surface area (Å²) in [7, 11) is 0. The lowest BCUT2D eigenvalue weighted by Crippen LogP contribution is -1.96. The van der Waals surface area contributed by atoms with Gasteiger partial charge in [-0.3, -0.25) is 0 Å². The number of carboxylic acid groups (broad SMARTS) is 1. The number of carbonyl (C=O) groups is 1. The molecular weight excluding hydrogens is 275 g/mol. The van der Waals surface area contributed by atoms with Gasteiger partial charge in [-0.2, -0.15) is 0 Å². The molecule has 0 unspecified atom stereocenters. The Bertz CT molecular complexity index is 624. The molecular formula is C13H8Cl2O3. The largest absolute Gasteiger partial charge is 0.507 e. The molecule has 0 aliphatic heterocycles. The summed E-state index contributed by atoms with van der Waals surface area (Å²) < 4.78 is 0. The Hall–Kier alpha value is -1.71. The van der Waals surface area contributed by atoms with Crippen LogP contribution in [0.15, 0.2) is 36.4 Å². The van der Waals surface area contributed by atoms with Crippen LogP contribution in [0, 0.1) is 0 Å². The number of phenols is 1. The summed E-state index contributed by atoms with van der Waals surface area (Å²) in [6, 6.07) is 9.24. The van der Waals surface area contributed by atoms with E-state index in [4.69, 9.17) is 28.3 Å². The van der Waals surface area contributed by atoms with Crippen molar-refractivity contribution in [1.29, 1.82) is 0 Å². The molecule has 0 saturated heterocycles. The van der Waals surface area contributed by atoms with Gasteiger partial charge < -0.3 is 10.2 Å². The number of aromatic carboxylic acids is 1. The Morgan fingerprint density at radius 1 is 1.06 bits per heavy atom. The van der Waals surface area contributed by atoms with Gasteiger partial charge in [0.05, 0.1) is 0 Å². The smallest absolute Gasteiger partial charge is 0.339 e. The zero-order valence-electron chi connectivity index (χ0n) is 9.02. The fourth-order valence-corrected chi connectivity index (χ4v) is 2.12. The number of benzene rings is 2. The van der Waals surface area contributed by atoms with E-state index in [1.165, 1.54) is 12.1 Å². The highest BCUT2D eigenvalue weighted by Crippen LogP contribution is 2.33. The number of halogens is 2. The molecule has 0 bridgehead atoms. The molecule has 2 rings (SSSR count). The quantitative estimate of drug-likeness (QED) is 0.873. The van der Waals surface area contributed by atoms with E-state index < -0.39 is 5.97 Å². The van der Waals surface area contributed by atoms with Crippen molar-refractivity contribution in [2.75, 3.05) is 0 Å². The number of aromatic hydroxyl groups is 1. The van der Waals surface area contributed by atoms with E-state index in [1.807, 2.05) is 0 Å². The van der Waals surface area contributed by atoms with E-state index >= 15 is 0 Å². The average molecular weight is 283 g/mol. The van der Waals surface area contributed by atoms with Crippen LogP contribution in [0.1, 0.15) is 10.4 Å². The van der Waals surface area contributed by atoms with Crippen LogP contribution in [-0.2, 0) is 0 Å². The predicted molar refractivity (Wildman–Crippen MR) is 70.5 cm³/mol. The van der Waals surface area contributed by atoms with Gasteiger partial charge in [0, 0.05) is 15.6 Å². The van der Waals surface area contributed by atoms with Crippen LogP contribution in [0.3, 0.4) is 0 Å². The maximum absolute atomic E-state index is 10.8. The molecule has 0 heterocycles. The number of hydrogen-bond acceptors (Lipinski definition) is 2. The zero-order chi connectivity index (χ0) is 13.3. The number of rotatable bonds is 2. The minimum atomic E-state index is -1.18. The average Bonchev–Trinajstić information content (AvgIpc) is 2.28. The molecule has 3 nitrogen and oxygen atoms in total. The Kier molecular flexibility index (Phi) is 3.45. The predicted octanol–water partition coefficient (Wildman–Crippen LogP) is 4.06. The fourth-order valence-electron chi connectivity index (χ4n) is 1.60. The van der Waals surface area contributed by atoms with Crippen LogP contribution in [0.25, 0.3) is 11.1 Å². The summed E-state index contributed by atoms with van der Waals surface area (Å²) in [5, 5.41) is 19.4. The minimum absolute atomic E-state index is 0.149. The summed E-state index contributed by atoms with van der Waals surface area (Å²) in [4.78, 5) is 10.8. The lowest BCUT2D eigenvalue weighted by atomic mass is 10.0. The van der Waals surface area contributed by atoms with Crippen LogP contribution in [0.4, 0.5) is 0 Å².